The zero-order chi connectivity index (χ0) is 13.0. The van der Waals surface area contributed by atoms with Crippen molar-refractivity contribution in [1.29, 1.82) is 0 Å². The van der Waals surface area contributed by atoms with Crippen molar-refractivity contribution in [1.82, 2.24) is 5.32 Å². The summed E-state index contributed by atoms with van der Waals surface area (Å²) in [4.78, 5) is 1.47. The van der Waals surface area contributed by atoms with Crippen molar-refractivity contribution in [3.8, 4) is 0 Å². The summed E-state index contributed by atoms with van der Waals surface area (Å²) in [5, 5.41) is 4.46. The zero-order valence-corrected chi connectivity index (χ0v) is 12.6. The molecule has 2 heteroatoms. The van der Waals surface area contributed by atoms with E-state index >= 15 is 0 Å². The highest BCUT2D eigenvalue weighted by Gasteiger charge is 2.25. The van der Waals surface area contributed by atoms with Gasteiger partial charge in [0.05, 0.1) is 0 Å². The zero-order valence-electron chi connectivity index (χ0n) is 11.8. The van der Waals surface area contributed by atoms with Crippen LogP contribution in [0, 0.1) is 13.8 Å². The molecule has 1 aliphatic rings. The molecule has 1 saturated carbocycles. The molecular formula is C16H25NS. The molecule has 1 aromatic rings. The van der Waals surface area contributed by atoms with Crippen LogP contribution in [0.3, 0.4) is 0 Å². The second-order valence-electron chi connectivity index (χ2n) is 5.47. The molecule has 100 valence electrons. The molecule has 0 spiro atoms. The van der Waals surface area contributed by atoms with Crippen LogP contribution in [0.2, 0.25) is 0 Å². The topological polar surface area (TPSA) is 12.0 Å². The maximum atomic E-state index is 3.66. The van der Waals surface area contributed by atoms with Crippen molar-refractivity contribution < 1.29 is 0 Å². The van der Waals surface area contributed by atoms with Gasteiger partial charge >= 0.3 is 0 Å². The van der Waals surface area contributed by atoms with Crippen LogP contribution in [0.5, 0.6) is 0 Å². The molecular weight excluding hydrogens is 238 g/mol. The van der Waals surface area contributed by atoms with Gasteiger partial charge in [-0.2, -0.15) is 0 Å². The molecule has 18 heavy (non-hydrogen) atoms. The molecule has 1 nitrogen and oxygen atoms in total. The van der Waals surface area contributed by atoms with Gasteiger partial charge in [-0.05, 0) is 57.7 Å². The summed E-state index contributed by atoms with van der Waals surface area (Å²) < 4.78 is 0. The predicted molar refractivity (Wildman–Crippen MR) is 81.5 cm³/mol. The number of benzene rings is 1. The Kier molecular flexibility index (Phi) is 5.13. The smallest absolute Gasteiger partial charge is 0.0110 e. The Morgan fingerprint density at radius 1 is 1.28 bits per heavy atom. The van der Waals surface area contributed by atoms with E-state index in [1.54, 1.807) is 0 Å². The van der Waals surface area contributed by atoms with Crippen molar-refractivity contribution in [2.45, 2.75) is 62.6 Å². The second kappa shape index (κ2) is 6.63. The second-order valence-corrected chi connectivity index (χ2v) is 6.82. The summed E-state index contributed by atoms with van der Waals surface area (Å²) in [7, 11) is 0. The fraction of sp³-hybridized carbons (Fsp3) is 0.625. The Labute approximate surface area is 116 Å². The fourth-order valence-electron chi connectivity index (χ4n) is 2.69. The summed E-state index contributed by atoms with van der Waals surface area (Å²) in [6.45, 7) is 7.81. The van der Waals surface area contributed by atoms with Crippen LogP contribution >= 0.6 is 11.8 Å². The first-order valence-corrected chi connectivity index (χ1v) is 8.04. The van der Waals surface area contributed by atoms with E-state index < -0.39 is 0 Å². The van der Waals surface area contributed by atoms with Crippen molar-refractivity contribution in [3.63, 3.8) is 0 Å². The molecule has 2 unspecified atom stereocenters. The van der Waals surface area contributed by atoms with Gasteiger partial charge in [0, 0.05) is 16.2 Å². The number of nitrogens with one attached hydrogen (secondary N) is 1. The maximum absolute atomic E-state index is 3.66. The molecule has 1 aliphatic carbocycles. The monoisotopic (exact) mass is 263 g/mol. The Morgan fingerprint density at radius 2 is 2.11 bits per heavy atom. The molecule has 0 aliphatic heterocycles. The van der Waals surface area contributed by atoms with Crippen molar-refractivity contribution in [2.75, 3.05) is 6.54 Å². The van der Waals surface area contributed by atoms with Crippen LogP contribution in [-0.2, 0) is 0 Å². The number of hydrogen-bond acceptors (Lipinski definition) is 2. The normalized spacial score (nSPS) is 23.5. The molecule has 0 heterocycles. The summed E-state index contributed by atoms with van der Waals surface area (Å²) in [5.74, 6) is 0. The van der Waals surface area contributed by atoms with Crippen LogP contribution in [-0.4, -0.2) is 17.8 Å². The van der Waals surface area contributed by atoms with Crippen LogP contribution in [0.1, 0.15) is 43.7 Å². The Bertz CT molecular complexity index is 389. The standard InChI is InChI=1S/C16H25NS/c1-4-9-17-14-6-7-15(11-14)18-16-8-5-12(2)10-13(16)3/h5,8,10,14-15,17H,4,6-7,9,11H2,1-3H3. The highest BCUT2D eigenvalue weighted by atomic mass is 32.2. The number of hydrogen-bond donors (Lipinski definition) is 1. The van der Waals surface area contributed by atoms with E-state index in [1.165, 1.54) is 48.3 Å². The van der Waals surface area contributed by atoms with Gasteiger partial charge in [-0.1, -0.05) is 24.6 Å². The van der Waals surface area contributed by atoms with E-state index in [4.69, 9.17) is 0 Å². The average molecular weight is 263 g/mol. The molecule has 0 saturated heterocycles. The highest BCUT2D eigenvalue weighted by Crippen LogP contribution is 2.36. The first-order valence-electron chi connectivity index (χ1n) is 7.16. The van der Waals surface area contributed by atoms with E-state index in [1.807, 2.05) is 0 Å². The molecule has 1 fully saturated rings. The lowest BCUT2D eigenvalue weighted by Gasteiger charge is -2.14. The first-order chi connectivity index (χ1) is 8.69. The summed E-state index contributed by atoms with van der Waals surface area (Å²) in [6.07, 6.45) is 5.28. The lowest BCUT2D eigenvalue weighted by atomic mass is 10.2. The Morgan fingerprint density at radius 3 is 2.83 bits per heavy atom. The summed E-state index contributed by atoms with van der Waals surface area (Å²) in [5.41, 5.74) is 2.80. The SMILES string of the molecule is CCCNC1CCC(Sc2ccc(C)cc2C)C1. The van der Waals surface area contributed by atoms with Crippen molar-refractivity contribution >= 4 is 11.8 Å². The molecule has 1 N–H and O–H groups in total. The molecule has 0 radical (unpaired) electrons. The maximum Gasteiger partial charge on any atom is 0.0110 e. The quantitative estimate of drug-likeness (QED) is 0.849. The van der Waals surface area contributed by atoms with Gasteiger partial charge in [0.1, 0.15) is 0 Å². The van der Waals surface area contributed by atoms with Crippen molar-refractivity contribution in [2.24, 2.45) is 0 Å². The van der Waals surface area contributed by atoms with Gasteiger partial charge < -0.3 is 5.32 Å². The van der Waals surface area contributed by atoms with Gasteiger partial charge in [0.25, 0.3) is 0 Å². The van der Waals surface area contributed by atoms with Crippen LogP contribution in [0.4, 0.5) is 0 Å². The number of thioether (sulfide) groups is 1. The Hall–Kier alpha value is -0.470. The first kappa shape index (κ1) is 14.0. The van der Waals surface area contributed by atoms with Gasteiger partial charge in [-0.15, -0.1) is 11.8 Å². The molecule has 0 bridgehead atoms. The lowest BCUT2D eigenvalue weighted by Crippen LogP contribution is -2.27. The van der Waals surface area contributed by atoms with Crippen LogP contribution in [0.25, 0.3) is 0 Å². The average Bonchev–Trinajstić information content (AvgIpc) is 2.78. The van der Waals surface area contributed by atoms with Gasteiger partial charge in [0.15, 0.2) is 0 Å². The summed E-state index contributed by atoms with van der Waals surface area (Å²) >= 11 is 2.08. The van der Waals surface area contributed by atoms with E-state index in [-0.39, 0.29) is 0 Å². The Balaban J connectivity index is 1.87. The summed E-state index contributed by atoms with van der Waals surface area (Å²) in [6, 6.07) is 7.58. The third kappa shape index (κ3) is 3.76. The molecule has 0 aromatic heterocycles. The largest absolute Gasteiger partial charge is 0.314 e. The third-order valence-corrected chi connectivity index (χ3v) is 5.17. The van der Waals surface area contributed by atoms with Gasteiger partial charge in [-0.3, -0.25) is 0 Å². The third-order valence-electron chi connectivity index (χ3n) is 3.69. The van der Waals surface area contributed by atoms with E-state index in [9.17, 15) is 0 Å². The predicted octanol–water partition coefficient (Wildman–Crippen LogP) is 4.32. The molecule has 0 amide bonds. The minimum absolute atomic E-state index is 0.758. The molecule has 2 atom stereocenters. The van der Waals surface area contributed by atoms with E-state index in [2.05, 4.69) is 56.0 Å². The number of rotatable bonds is 5. The van der Waals surface area contributed by atoms with Crippen LogP contribution in [0.15, 0.2) is 23.1 Å². The van der Waals surface area contributed by atoms with Crippen LogP contribution < -0.4 is 5.32 Å². The van der Waals surface area contributed by atoms with Crippen molar-refractivity contribution in [3.05, 3.63) is 29.3 Å². The molecule has 2 rings (SSSR count). The minimum Gasteiger partial charge on any atom is -0.314 e. The van der Waals surface area contributed by atoms with E-state index in [0.717, 1.165) is 11.3 Å². The highest BCUT2D eigenvalue weighted by molar-refractivity contribution is 8.00. The lowest BCUT2D eigenvalue weighted by molar-refractivity contribution is 0.524. The van der Waals surface area contributed by atoms with Gasteiger partial charge in [-0.25, -0.2) is 0 Å². The molecule has 1 aromatic carbocycles. The fourth-order valence-corrected chi connectivity index (χ4v) is 4.03. The minimum atomic E-state index is 0.758. The van der Waals surface area contributed by atoms with E-state index in [0.29, 0.717) is 0 Å². The number of aryl methyl sites for hydroxylation is 2. The van der Waals surface area contributed by atoms with Gasteiger partial charge in [0.2, 0.25) is 0 Å².